The molecular weight excluding hydrogens is 618 g/mol. The van der Waals surface area contributed by atoms with Crippen molar-refractivity contribution < 1.29 is 20.1 Å². The highest BCUT2D eigenvalue weighted by atomic mass is 127. The molecule has 2 rings (SSSR count). The molecule has 0 aromatic heterocycles. The molecule has 30 heavy (non-hydrogen) atoms. The summed E-state index contributed by atoms with van der Waals surface area (Å²) >= 11 is 3.88. The first kappa shape index (κ1) is 26.7. The Hall–Kier alpha value is -1.38. The van der Waals surface area contributed by atoms with E-state index in [1.807, 2.05) is 59.0 Å². The van der Waals surface area contributed by atoms with Crippen LogP contribution < -0.4 is 0 Å². The summed E-state index contributed by atoms with van der Waals surface area (Å²) in [4.78, 5) is 21.8. The Morgan fingerprint density at radius 2 is 1.23 bits per heavy atom. The minimum atomic E-state index is -1.88. The third-order valence-electron chi connectivity index (χ3n) is 4.33. The molecule has 0 atom stereocenters. The van der Waals surface area contributed by atoms with Gasteiger partial charge >= 0.3 is 0 Å². The number of benzene rings is 2. The van der Waals surface area contributed by atoms with Gasteiger partial charge in [0, 0.05) is 25.9 Å². The van der Waals surface area contributed by atoms with Gasteiger partial charge in [-0.3, -0.25) is 20.2 Å². The van der Waals surface area contributed by atoms with Crippen molar-refractivity contribution in [2.45, 2.75) is 33.3 Å². The lowest BCUT2D eigenvalue weighted by molar-refractivity contribution is -0.388. The summed E-state index contributed by atoms with van der Waals surface area (Å²) in [5.74, 6) is -0.0972. The molecule has 164 valence electrons. The van der Waals surface area contributed by atoms with E-state index in [9.17, 15) is 25.3 Å². The predicted molar refractivity (Wildman–Crippen MR) is 131 cm³/mol. The monoisotopic (exact) mass is 642 g/mol. The molecule has 0 bridgehead atoms. The van der Waals surface area contributed by atoms with Crippen LogP contribution in [0.15, 0.2) is 36.4 Å². The van der Waals surface area contributed by atoms with Crippen molar-refractivity contribution in [3.05, 3.63) is 74.9 Å². The molecule has 2 aromatic rings. The first-order valence-corrected chi connectivity index (χ1v) is 11.2. The summed E-state index contributed by atoms with van der Waals surface area (Å²) in [6, 6.07) is 8.89. The third-order valence-corrected chi connectivity index (χ3v) is 5.68. The highest BCUT2D eigenvalue weighted by Gasteiger charge is 2.44. The molecule has 0 fully saturated rings. The number of nitrogens with zero attached hydrogens (tertiary/aromatic N) is 2. The Morgan fingerprint density at radius 3 is 1.47 bits per heavy atom. The summed E-state index contributed by atoms with van der Waals surface area (Å²) in [7, 11) is 0. The molecule has 2 aromatic carbocycles. The summed E-state index contributed by atoms with van der Waals surface area (Å²) < 4.78 is 1.27. The molecule has 0 amide bonds. The topological polar surface area (TPSA) is 127 Å². The average Bonchev–Trinajstić information content (AvgIpc) is 2.67. The van der Waals surface area contributed by atoms with Gasteiger partial charge in [-0.1, -0.05) is 27.7 Å². The molecule has 2 N–H and O–H groups in total. The van der Waals surface area contributed by atoms with Crippen LogP contribution in [0, 0.1) is 39.2 Å². The number of hydrogen-bond donors (Lipinski definition) is 2. The zero-order valence-corrected chi connectivity index (χ0v) is 21.3. The van der Waals surface area contributed by atoms with Crippen LogP contribution in [0.4, 0.5) is 11.4 Å². The van der Waals surface area contributed by atoms with Crippen molar-refractivity contribution in [1.29, 1.82) is 0 Å². The van der Waals surface area contributed by atoms with Crippen LogP contribution in [-0.4, -0.2) is 26.7 Å². The predicted octanol–water partition coefficient (Wildman–Crippen LogP) is 5.24. The van der Waals surface area contributed by atoms with Gasteiger partial charge in [-0.15, -0.1) is 0 Å². The molecule has 0 radical (unpaired) electrons. The summed E-state index contributed by atoms with van der Waals surface area (Å²) in [5, 5.41) is 42.6. The second-order valence-corrected chi connectivity index (χ2v) is 9.83. The normalized spacial score (nSPS) is 11.3. The molecular formula is C20H24I2N2O6. The lowest BCUT2D eigenvalue weighted by Crippen LogP contribution is -2.35. The maximum Gasteiger partial charge on any atom is 0.276 e. The van der Waals surface area contributed by atoms with Gasteiger partial charge in [-0.2, -0.15) is 0 Å². The van der Waals surface area contributed by atoms with Crippen molar-refractivity contribution in [1.82, 2.24) is 0 Å². The minimum absolute atomic E-state index is 0.0391. The molecule has 0 spiro atoms. The van der Waals surface area contributed by atoms with Crippen LogP contribution in [-0.2, 0) is 5.60 Å². The van der Waals surface area contributed by atoms with Crippen molar-refractivity contribution in [2.24, 2.45) is 11.8 Å². The van der Waals surface area contributed by atoms with E-state index in [1.165, 1.54) is 24.3 Å². The van der Waals surface area contributed by atoms with E-state index in [-0.39, 0.29) is 22.5 Å². The van der Waals surface area contributed by atoms with E-state index in [1.54, 1.807) is 26.0 Å². The highest BCUT2D eigenvalue weighted by molar-refractivity contribution is 14.1. The molecule has 0 aliphatic carbocycles. The van der Waals surface area contributed by atoms with Crippen molar-refractivity contribution in [3.63, 3.8) is 0 Å². The van der Waals surface area contributed by atoms with Gasteiger partial charge in [0.05, 0.1) is 21.0 Å². The molecule has 0 heterocycles. The number of hydrogen-bond acceptors (Lipinski definition) is 6. The summed E-state index contributed by atoms with van der Waals surface area (Å²) in [6.07, 6.45) is 0. The Morgan fingerprint density at radius 1 is 0.900 bits per heavy atom. The zero-order chi connectivity index (χ0) is 23.2. The van der Waals surface area contributed by atoms with Crippen molar-refractivity contribution >= 4 is 56.6 Å². The Kier molecular flexibility index (Phi) is 10.0. The maximum atomic E-state index is 11.5. The number of nitro groups is 2. The van der Waals surface area contributed by atoms with Gasteiger partial charge in [0.25, 0.3) is 11.4 Å². The number of rotatable bonds is 6. The Labute approximate surface area is 202 Å². The van der Waals surface area contributed by atoms with Gasteiger partial charge in [0.2, 0.25) is 0 Å². The summed E-state index contributed by atoms with van der Waals surface area (Å²) in [5.41, 5.74) is -2.33. The first-order valence-electron chi connectivity index (χ1n) is 9.08. The maximum absolute atomic E-state index is 11.5. The van der Waals surface area contributed by atoms with Crippen molar-refractivity contribution in [3.8, 4) is 0 Å². The van der Waals surface area contributed by atoms with E-state index >= 15 is 0 Å². The molecule has 10 heteroatoms. The molecule has 0 saturated carbocycles. The second-order valence-electron chi connectivity index (χ2n) is 7.33. The van der Waals surface area contributed by atoms with Crippen molar-refractivity contribution in [2.75, 3.05) is 6.61 Å². The molecule has 0 aliphatic heterocycles. The van der Waals surface area contributed by atoms with Gasteiger partial charge in [0.1, 0.15) is 5.60 Å². The average molecular weight is 642 g/mol. The summed E-state index contributed by atoms with van der Waals surface area (Å²) in [6.45, 7) is 7.59. The van der Waals surface area contributed by atoms with E-state index in [4.69, 9.17) is 5.11 Å². The first-order chi connectivity index (χ1) is 13.9. The molecule has 8 nitrogen and oxygen atoms in total. The van der Waals surface area contributed by atoms with Gasteiger partial charge in [-0.25, -0.2) is 0 Å². The fourth-order valence-corrected chi connectivity index (χ4v) is 3.67. The van der Waals surface area contributed by atoms with Crippen LogP contribution in [0.3, 0.4) is 0 Å². The Bertz CT molecular complexity index is 855. The van der Waals surface area contributed by atoms with E-state index in [0.29, 0.717) is 19.7 Å². The zero-order valence-electron chi connectivity index (χ0n) is 17.0. The number of aliphatic hydroxyl groups is 2. The van der Waals surface area contributed by atoms with Crippen LogP contribution in [0.25, 0.3) is 0 Å². The lowest BCUT2D eigenvalue weighted by Gasteiger charge is -2.32. The standard InChI is InChI=1S/C16H14I2N2O5.C4H10O/c1-9(2)16(21,12-5-3-10(17)7-14(12)19(22)23)13-6-4-11(18)8-15(13)20(24)25;1-4(2)3-5/h3-9,21H,1-2H3;4-5H,3H2,1-2H3. The van der Waals surface area contributed by atoms with E-state index in [2.05, 4.69) is 0 Å². The lowest BCUT2D eigenvalue weighted by atomic mass is 9.76. The van der Waals surface area contributed by atoms with Crippen LogP contribution >= 0.6 is 45.2 Å². The number of aliphatic hydroxyl groups excluding tert-OH is 1. The number of nitro benzene ring substituents is 2. The molecule has 0 aliphatic rings. The van der Waals surface area contributed by atoms with Gasteiger partial charge < -0.3 is 10.2 Å². The van der Waals surface area contributed by atoms with Crippen LogP contribution in [0.5, 0.6) is 0 Å². The minimum Gasteiger partial charge on any atom is -0.396 e. The van der Waals surface area contributed by atoms with Gasteiger partial charge in [-0.05, 0) is 81.3 Å². The smallest absolute Gasteiger partial charge is 0.276 e. The highest BCUT2D eigenvalue weighted by Crippen LogP contribution is 2.45. The van der Waals surface area contributed by atoms with Crippen LogP contribution in [0.1, 0.15) is 38.8 Å². The van der Waals surface area contributed by atoms with E-state index in [0.717, 1.165) is 0 Å². The van der Waals surface area contributed by atoms with Gasteiger partial charge in [0.15, 0.2) is 0 Å². The fourth-order valence-electron chi connectivity index (χ4n) is 2.72. The second kappa shape index (κ2) is 11.3. The SMILES string of the molecule is CC(C)C(O)(c1ccc(I)cc1[N+](=O)[O-])c1ccc(I)cc1[N+](=O)[O-].CC(C)CO. The third kappa shape index (κ3) is 6.31. The fraction of sp³-hybridized carbons (Fsp3) is 0.400. The molecule has 0 unspecified atom stereocenters. The largest absolute Gasteiger partial charge is 0.396 e. The Balaban J connectivity index is 0.000000804. The molecule has 0 saturated heterocycles. The van der Waals surface area contributed by atoms with E-state index < -0.39 is 21.4 Å². The number of halogens is 2. The van der Waals surface area contributed by atoms with Crippen LogP contribution in [0.2, 0.25) is 0 Å². The quantitative estimate of drug-likeness (QED) is 0.252.